The van der Waals surface area contributed by atoms with Crippen LogP contribution in [0.15, 0.2) is 30.3 Å². The number of aromatic nitrogens is 2. The van der Waals surface area contributed by atoms with Crippen molar-refractivity contribution in [2.24, 2.45) is 0 Å². The lowest BCUT2D eigenvalue weighted by atomic mass is 9.97. The maximum atomic E-state index is 12.7. The van der Waals surface area contributed by atoms with E-state index in [2.05, 4.69) is 9.97 Å². The molecule has 0 radical (unpaired) electrons. The van der Waals surface area contributed by atoms with Crippen LogP contribution >= 0.6 is 0 Å². The number of hydrogen-bond acceptors (Lipinski definition) is 13. The average molecular weight is 587 g/mol. The number of benzene rings is 1. The number of fused-ring (bicyclic) bond motifs is 3. The summed E-state index contributed by atoms with van der Waals surface area (Å²) in [4.78, 5) is 81.0. The Balaban J connectivity index is 2.36. The molecule has 4 atom stereocenters. The molecule has 14 heteroatoms. The molecule has 0 spiro atoms. The van der Waals surface area contributed by atoms with Crippen molar-refractivity contribution in [3.05, 3.63) is 41.7 Å². The van der Waals surface area contributed by atoms with Gasteiger partial charge in [-0.2, -0.15) is 0 Å². The number of para-hydroxylation sites is 1. The third kappa shape index (κ3) is 7.59. The van der Waals surface area contributed by atoms with E-state index in [1.807, 2.05) is 0 Å². The maximum absolute atomic E-state index is 12.7. The van der Waals surface area contributed by atoms with Crippen LogP contribution in [-0.2, 0) is 52.4 Å². The van der Waals surface area contributed by atoms with Gasteiger partial charge in [0.1, 0.15) is 18.0 Å². The second-order valence-corrected chi connectivity index (χ2v) is 9.11. The van der Waals surface area contributed by atoms with Crippen molar-refractivity contribution in [2.75, 3.05) is 13.7 Å². The SMILES string of the molecule is COC(=O)c1cc2c([nH]c3ccccc32)c([C@H](OC(C)=O)[C@@H](OC(C)=O)[C@H](OC(C)=O)[C@@H](COC(C)=O)OC(C)=O)n1. The van der Waals surface area contributed by atoms with Crippen LogP contribution in [0.2, 0.25) is 0 Å². The molecule has 42 heavy (non-hydrogen) atoms. The fourth-order valence-corrected chi connectivity index (χ4v) is 4.39. The molecular formula is C28H30N2O12. The lowest BCUT2D eigenvalue weighted by Gasteiger charge is -2.35. The Morgan fingerprint density at radius 2 is 1.36 bits per heavy atom. The minimum atomic E-state index is -1.73. The van der Waals surface area contributed by atoms with Crippen LogP contribution in [0.4, 0.5) is 0 Å². The van der Waals surface area contributed by atoms with Crippen molar-refractivity contribution in [1.29, 1.82) is 0 Å². The van der Waals surface area contributed by atoms with Crippen LogP contribution in [0.5, 0.6) is 0 Å². The predicted molar refractivity (Wildman–Crippen MR) is 143 cm³/mol. The average Bonchev–Trinajstić information content (AvgIpc) is 3.29. The van der Waals surface area contributed by atoms with E-state index in [1.165, 1.54) is 6.07 Å². The minimum Gasteiger partial charge on any atom is -0.464 e. The normalized spacial score (nSPS) is 13.8. The van der Waals surface area contributed by atoms with Gasteiger partial charge in [0.15, 0.2) is 24.4 Å². The number of ether oxygens (including phenoxy) is 6. The Hall–Kier alpha value is -5.01. The number of pyridine rings is 1. The number of hydrogen-bond donors (Lipinski definition) is 1. The van der Waals surface area contributed by atoms with Gasteiger partial charge in [0.05, 0.1) is 12.6 Å². The van der Waals surface area contributed by atoms with E-state index in [-0.39, 0.29) is 16.9 Å². The van der Waals surface area contributed by atoms with Gasteiger partial charge in [-0.1, -0.05) is 18.2 Å². The summed E-state index contributed by atoms with van der Waals surface area (Å²) in [5.74, 6) is -5.08. The number of carbonyl (C=O) groups excluding carboxylic acids is 6. The highest BCUT2D eigenvalue weighted by atomic mass is 16.6. The molecule has 3 rings (SSSR count). The summed E-state index contributed by atoms with van der Waals surface area (Å²) >= 11 is 0. The molecule has 0 unspecified atom stereocenters. The zero-order chi connectivity index (χ0) is 31.1. The van der Waals surface area contributed by atoms with Crippen LogP contribution in [0.25, 0.3) is 21.8 Å². The summed E-state index contributed by atoms with van der Waals surface area (Å²) < 4.78 is 31.8. The Morgan fingerprint density at radius 1 is 0.762 bits per heavy atom. The molecule has 0 fully saturated rings. The molecule has 0 bridgehead atoms. The first kappa shape index (κ1) is 31.5. The smallest absolute Gasteiger partial charge is 0.356 e. The molecule has 0 saturated heterocycles. The number of carbonyl (C=O) groups is 6. The van der Waals surface area contributed by atoms with Crippen LogP contribution < -0.4 is 0 Å². The van der Waals surface area contributed by atoms with E-state index >= 15 is 0 Å². The number of esters is 6. The first-order valence-electron chi connectivity index (χ1n) is 12.6. The zero-order valence-corrected chi connectivity index (χ0v) is 23.7. The fraction of sp³-hybridized carbons (Fsp3) is 0.393. The summed E-state index contributed by atoms with van der Waals surface area (Å²) in [6.07, 6.45) is -6.61. The standard InChI is InChI=1S/C28H30N2O12/c1-13(31)38-12-22(39-14(2)32)25(40-15(3)33)27(42-17(5)35)26(41-16(4)34)24-23-19(11-21(30-24)28(36)37-6)18-9-7-8-10-20(18)29-23/h7-11,22,25-27,29H,12H2,1-6H3/t22-,25-,26+,27+/m1/s1. The van der Waals surface area contributed by atoms with E-state index in [0.29, 0.717) is 16.3 Å². The van der Waals surface area contributed by atoms with Crippen molar-refractivity contribution in [3.63, 3.8) is 0 Å². The Morgan fingerprint density at radius 3 is 1.93 bits per heavy atom. The number of H-pyrrole nitrogens is 1. The van der Waals surface area contributed by atoms with Gasteiger partial charge in [-0.15, -0.1) is 0 Å². The highest BCUT2D eigenvalue weighted by molar-refractivity contribution is 6.09. The summed E-state index contributed by atoms with van der Waals surface area (Å²) in [6.45, 7) is 4.72. The topological polar surface area (TPSA) is 186 Å². The molecule has 1 aromatic carbocycles. The van der Waals surface area contributed by atoms with E-state index in [1.54, 1.807) is 24.3 Å². The summed E-state index contributed by atoms with van der Waals surface area (Å²) in [5.41, 5.74) is 0.644. The highest BCUT2D eigenvalue weighted by Crippen LogP contribution is 2.36. The lowest BCUT2D eigenvalue weighted by molar-refractivity contribution is -0.203. The van der Waals surface area contributed by atoms with Gasteiger partial charge in [-0.25, -0.2) is 9.78 Å². The van der Waals surface area contributed by atoms with Gasteiger partial charge in [0.25, 0.3) is 0 Å². The molecular weight excluding hydrogens is 556 g/mol. The van der Waals surface area contributed by atoms with E-state index < -0.39 is 66.8 Å². The van der Waals surface area contributed by atoms with Gasteiger partial charge in [0.2, 0.25) is 0 Å². The summed E-state index contributed by atoms with van der Waals surface area (Å²) in [7, 11) is 1.16. The van der Waals surface area contributed by atoms with E-state index in [4.69, 9.17) is 28.4 Å². The number of nitrogens with zero attached hydrogens (tertiary/aromatic N) is 1. The molecule has 1 N–H and O–H groups in total. The number of nitrogens with one attached hydrogen (secondary N) is 1. The molecule has 0 aliphatic carbocycles. The van der Waals surface area contributed by atoms with Crippen LogP contribution in [-0.4, -0.2) is 77.8 Å². The molecule has 2 aromatic heterocycles. The number of rotatable bonds is 11. The van der Waals surface area contributed by atoms with Gasteiger partial charge in [-0.05, 0) is 12.1 Å². The number of methoxy groups -OCH3 is 1. The Kier molecular flexibility index (Phi) is 10.2. The Bertz CT molecular complexity index is 1530. The molecule has 3 aromatic rings. The van der Waals surface area contributed by atoms with Crippen LogP contribution in [0, 0.1) is 0 Å². The zero-order valence-electron chi connectivity index (χ0n) is 23.7. The largest absolute Gasteiger partial charge is 0.464 e. The summed E-state index contributed by atoms with van der Waals surface area (Å²) in [6, 6.07) is 8.56. The second kappa shape index (κ2) is 13.6. The third-order valence-electron chi connectivity index (χ3n) is 5.84. The number of aromatic amines is 1. The molecule has 0 saturated carbocycles. The second-order valence-electron chi connectivity index (χ2n) is 9.11. The Labute approximate surface area is 239 Å². The maximum Gasteiger partial charge on any atom is 0.356 e. The molecule has 14 nitrogen and oxygen atoms in total. The summed E-state index contributed by atoms with van der Waals surface area (Å²) in [5, 5.41) is 1.16. The van der Waals surface area contributed by atoms with E-state index in [9.17, 15) is 28.8 Å². The van der Waals surface area contributed by atoms with Gasteiger partial charge >= 0.3 is 35.8 Å². The van der Waals surface area contributed by atoms with Crippen LogP contribution in [0.3, 0.4) is 0 Å². The first-order valence-corrected chi connectivity index (χ1v) is 12.6. The van der Waals surface area contributed by atoms with Gasteiger partial charge in [-0.3, -0.25) is 24.0 Å². The molecule has 224 valence electrons. The molecule has 2 heterocycles. The lowest BCUT2D eigenvalue weighted by Crippen LogP contribution is -2.50. The van der Waals surface area contributed by atoms with Crippen LogP contribution in [0.1, 0.15) is 56.9 Å². The minimum absolute atomic E-state index is 0.100. The third-order valence-corrected chi connectivity index (χ3v) is 5.84. The van der Waals surface area contributed by atoms with E-state index in [0.717, 1.165) is 41.7 Å². The highest BCUT2D eigenvalue weighted by Gasteiger charge is 2.46. The molecule has 0 aliphatic heterocycles. The quantitative estimate of drug-likeness (QED) is 0.255. The monoisotopic (exact) mass is 586 g/mol. The fourth-order valence-electron chi connectivity index (χ4n) is 4.39. The predicted octanol–water partition coefficient (Wildman–Crippen LogP) is 2.47. The van der Waals surface area contributed by atoms with Crippen molar-refractivity contribution >= 4 is 57.6 Å². The van der Waals surface area contributed by atoms with Crippen molar-refractivity contribution in [3.8, 4) is 0 Å². The van der Waals surface area contributed by atoms with Crippen molar-refractivity contribution < 1.29 is 57.2 Å². The molecule has 0 aliphatic rings. The van der Waals surface area contributed by atoms with Gasteiger partial charge in [0, 0.05) is 50.9 Å². The molecule has 0 amide bonds. The van der Waals surface area contributed by atoms with Crippen molar-refractivity contribution in [2.45, 2.75) is 59.0 Å². The first-order chi connectivity index (χ1) is 19.8. The van der Waals surface area contributed by atoms with Crippen molar-refractivity contribution in [1.82, 2.24) is 9.97 Å². The van der Waals surface area contributed by atoms with Gasteiger partial charge < -0.3 is 33.4 Å².